The molecule has 1 atom stereocenters. The molecule has 1 aliphatic heterocycles. The number of nitrogens with zero attached hydrogens (tertiary/aromatic N) is 4. The van der Waals surface area contributed by atoms with Crippen molar-refractivity contribution >= 4 is 35.0 Å². The second-order valence-electron chi connectivity index (χ2n) is 7.67. The van der Waals surface area contributed by atoms with Crippen LogP contribution in [0.25, 0.3) is 11.3 Å². The zero-order valence-corrected chi connectivity index (χ0v) is 20.1. The number of carboxylic acids is 1. The van der Waals surface area contributed by atoms with E-state index >= 15 is 0 Å². The van der Waals surface area contributed by atoms with Gasteiger partial charge in [-0.1, -0.05) is 23.2 Å². The van der Waals surface area contributed by atoms with Crippen molar-refractivity contribution in [1.29, 1.82) is 0 Å². The summed E-state index contributed by atoms with van der Waals surface area (Å²) in [6.45, 7) is 4.72. The molecular weight excluding hydrogens is 486 g/mol. The zero-order valence-electron chi connectivity index (χ0n) is 18.6. The molecule has 0 amide bonds. The monoisotopic (exact) mass is 510 g/mol. The molecule has 1 saturated heterocycles. The zero-order chi connectivity index (χ0) is 24.8. The number of benzene rings is 1. The lowest BCUT2D eigenvalue weighted by Gasteiger charge is -2.22. The topological polar surface area (TPSA) is 128 Å². The summed E-state index contributed by atoms with van der Waals surface area (Å²) in [5, 5.41) is 15.4. The molecule has 4 rings (SSSR count). The van der Waals surface area contributed by atoms with Crippen molar-refractivity contribution in [2.45, 2.75) is 38.8 Å². The quantitative estimate of drug-likeness (QED) is 0.427. The summed E-state index contributed by atoms with van der Waals surface area (Å²) >= 11 is 12.3. The molecule has 0 saturated carbocycles. The van der Waals surface area contributed by atoms with Crippen LogP contribution in [-0.2, 0) is 4.79 Å². The van der Waals surface area contributed by atoms with E-state index in [2.05, 4.69) is 20.4 Å². The summed E-state index contributed by atoms with van der Waals surface area (Å²) in [7, 11) is 0. The van der Waals surface area contributed by atoms with E-state index in [-0.39, 0.29) is 16.7 Å². The molecule has 4 N–H and O–H groups in total. The Kier molecular flexibility index (Phi) is 8.65. The van der Waals surface area contributed by atoms with Crippen molar-refractivity contribution in [2.75, 3.05) is 18.8 Å². The predicted octanol–water partition coefficient (Wildman–Crippen LogP) is 4.52. The SMILES string of the molecule is CC(=O)O.C[C@@H](Oc1nc(-c2cnn(C3CCNCC3)c2)cnc1N)c1c(Cl)ccc(F)c1Cl. The van der Waals surface area contributed by atoms with Gasteiger partial charge in [0.15, 0.2) is 5.82 Å². The first-order valence-corrected chi connectivity index (χ1v) is 11.3. The van der Waals surface area contributed by atoms with Gasteiger partial charge in [-0.05, 0) is 45.0 Å². The van der Waals surface area contributed by atoms with Crippen molar-refractivity contribution in [3.05, 3.63) is 52.1 Å². The maximum absolute atomic E-state index is 13.9. The fraction of sp³-hybridized carbons (Fsp3) is 0.364. The van der Waals surface area contributed by atoms with Crippen molar-refractivity contribution in [2.24, 2.45) is 0 Å². The third kappa shape index (κ3) is 6.34. The molecule has 182 valence electrons. The van der Waals surface area contributed by atoms with Gasteiger partial charge in [0.05, 0.1) is 29.2 Å². The van der Waals surface area contributed by atoms with E-state index in [1.807, 2.05) is 10.9 Å². The minimum Gasteiger partial charge on any atom is -0.481 e. The van der Waals surface area contributed by atoms with E-state index in [0.717, 1.165) is 38.4 Å². The van der Waals surface area contributed by atoms with Crippen molar-refractivity contribution in [1.82, 2.24) is 25.1 Å². The Bertz CT molecular complexity index is 1150. The molecule has 0 radical (unpaired) electrons. The third-order valence-corrected chi connectivity index (χ3v) is 5.84. The highest BCUT2D eigenvalue weighted by atomic mass is 35.5. The average molecular weight is 511 g/mol. The lowest BCUT2D eigenvalue weighted by Crippen LogP contribution is -2.29. The summed E-state index contributed by atoms with van der Waals surface area (Å²) in [4.78, 5) is 17.7. The van der Waals surface area contributed by atoms with Crippen LogP contribution in [0.5, 0.6) is 5.88 Å². The predicted molar refractivity (Wildman–Crippen MR) is 128 cm³/mol. The van der Waals surface area contributed by atoms with E-state index < -0.39 is 17.9 Å². The lowest BCUT2D eigenvalue weighted by molar-refractivity contribution is -0.134. The lowest BCUT2D eigenvalue weighted by atomic mass is 10.1. The number of piperidine rings is 1. The van der Waals surface area contributed by atoms with E-state index in [9.17, 15) is 4.39 Å². The van der Waals surface area contributed by atoms with Crippen LogP contribution in [-0.4, -0.2) is 43.9 Å². The maximum Gasteiger partial charge on any atom is 0.300 e. The van der Waals surface area contributed by atoms with E-state index in [1.54, 1.807) is 19.3 Å². The summed E-state index contributed by atoms with van der Waals surface area (Å²) < 4.78 is 21.7. The summed E-state index contributed by atoms with van der Waals surface area (Å²) in [5.74, 6) is -1.18. The number of halogens is 3. The Morgan fingerprint density at radius 1 is 1.32 bits per heavy atom. The van der Waals surface area contributed by atoms with Crippen molar-refractivity contribution in [3.8, 4) is 17.1 Å². The molecule has 1 aromatic carbocycles. The number of aromatic nitrogens is 4. The molecule has 0 unspecified atom stereocenters. The second-order valence-corrected chi connectivity index (χ2v) is 8.46. The molecule has 34 heavy (non-hydrogen) atoms. The number of nitrogens with one attached hydrogen (secondary N) is 1. The Morgan fingerprint density at radius 3 is 2.68 bits per heavy atom. The van der Waals surface area contributed by atoms with Gasteiger partial charge in [0, 0.05) is 29.3 Å². The maximum atomic E-state index is 13.9. The molecule has 0 aliphatic carbocycles. The molecule has 3 heterocycles. The van der Waals surface area contributed by atoms with Gasteiger partial charge in [-0.25, -0.2) is 14.4 Å². The molecular formula is C22H25Cl2FN6O3. The molecule has 3 aromatic rings. The largest absolute Gasteiger partial charge is 0.481 e. The minimum absolute atomic E-state index is 0.0964. The van der Waals surface area contributed by atoms with Crippen molar-refractivity contribution in [3.63, 3.8) is 0 Å². The number of anilines is 1. The molecule has 1 fully saturated rings. The number of nitrogen functional groups attached to an aromatic ring is 1. The average Bonchev–Trinajstić information content (AvgIpc) is 3.29. The Balaban J connectivity index is 0.000000751. The van der Waals surface area contributed by atoms with Crippen LogP contribution in [0, 0.1) is 5.82 Å². The number of aliphatic carboxylic acids is 1. The van der Waals surface area contributed by atoms with Gasteiger partial charge in [-0.15, -0.1) is 0 Å². The van der Waals surface area contributed by atoms with Crippen LogP contribution in [0.3, 0.4) is 0 Å². The highest BCUT2D eigenvalue weighted by molar-refractivity contribution is 6.36. The molecule has 0 spiro atoms. The number of rotatable bonds is 5. The van der Waals surface area contributed by atoms with Crippen LogP contribution in [0.2, 0.25) is 10.0 Å². The van der Waals surface area contributed by atoms with Gasteiger partial charge < -0.3 is 20.9 Å². The van der Waals surface area contributed by atoms with E-state index in [4.69, 9.17) is 43.6 Å². The number of carbonyl (C=O) groups is 1. The first-order chi connectivity index (χ1) is 16.2. The molecule has 9 nitrogen and oxygen atoms in total. The van der Waals surface area contributed by atoms with Gasteiger partial charge in [0.25, 0.3) is 11.8 Å². The standard InChI is InChI=1S/C20H21Cl2FN6O.C2H4O2/c1-11(17-14(21)2-3-15(23)18(17)22)30-20-19(24)26-9-16(28-20)12-8-27-29(10-12)13-4-6-25-7-5-13;1-2(3)4/h2-3,8-11,13,25H,4-7H2,1H3,(H2,24,26);1H3,(H,3,4)/t11-;/m1./s1. The Morgan fingerprint density at radius 2 is 2.00 bits per heavy atom. The first kappa shape index (κ1) is 25.7. The number of nitrogens with two attached hydrogens (primary N) is 1. The summed E-state index contributed by atoms with van der Waals surface area (Å²) in [6, 6.07) is 2.99. The van der Waals surface area contributed by atoms with Gasteiger partial charge in [-0.3, -0.25) is 9.48 Å². The molecule has 0 bridgehead atoms. The fourth-order valence-electron chi connectivity index (χ4n) is 3.49. The third-order valence-electron chi connectivity index (χ3n) is 5.12. The van der Waals surface area contributed by atoms with E-state index in [1.165, 1.54) is 12.1 Å². The van der Waals surface area contributed by atoms with Crippen LogP contribution in [0.4, 0.5) is 10.2 Å². The smallest absolute Gasteiger partial charge is 0.300 e. The van der Waals surface area contributed by atoms with Crippen LogP contribution < -0.4 is 15.8 Å². The summed E-state index contributed by atoms with van der Waals surface area (Å²) in [5.41, 5.74) is 7.66. The minimum atomic E-state index is -0.833. The van der Waals surface area contributed by atoms with Crippen LogP contribution >= 0.6 is 23.2 Å². The number of hydrogen-bond donors (Lipinski definition) is 3. The van der Waals surface area contributed by atoms with Gasteiger partial charge >= 0.3 is 0 Å². The number of hydrogen-bond acceptors (Lipinski definition) is 7. The van der Waals surface area contributed by atoms with Gasteiger partial charge in [-0.2, -0.15) is 5.10 Å². The highest BCUT2D eigenvalue weighted by Gasteiger charge is 2.21. The molecule has 1 aliphatic rings. The van der Waals surface area contributed by atoms with Crippen molar-refractivity contribution < 1.29 is 19.0 Å². The first-order valence-electron chi connectivity index (χ1n) is 10.5. The Hall–Kier alpha value is -2.95. The number of ether oxygens (including phenoxy) is 1. The summed E-state index contributed by atoms with van der Waals surface area (Å²) in [6.07, 6.45) is 6.62. The van der Waals surface area contributed by atoms with Crippen LogP contribution in [0.1, 0.15) is 44.4 Å². The van der Waals surface area contributed by atoms with Crippen LogP contribution in [0.15, 0.2) is 30.7 Å². The molecule has 2 aromatic heterocycles. The second kappa shape index (κ2) is 11.5. The normalized spacial score (nSPS) is 14.7. The number of carboxylic acid groups (broad SMARTS) is 1. The van der Waals surface area contributed by atoms with Gasteiger partial charge in [0.2, 0.25) is 0 Å². The molecule has 12 heteroatoms. The fourth-order valence-corrected chi connectivity index (χ4v) is 4.17. The Labute approximate surface area is 206 Å². The highest BCUT2D eigenvalue weighted by Crippen LogP contribution is 2.35. The van der Waals surface area contributed by atoms with Gasteiger partial charge in [0.1, 0.15) is 11.9 Å². The van der Waals surface area contributed by atoms with E-state index in [0.29, 0.717) is 22.3 Å².